The Labute approximate surface area is 98.8 Å². The molecule has 4 nitrogen and oxygen atoms in total. The zero-order valence-electron chi connectivity index (χ0n) is 9.08. The van der Waals surface area contributed by atoms with Crippen LogP contribution in [0.5, 0.6) is 0 Å². The normalized spacial score (nSPS) is 17.8. The summed E-state index contributed by atoms with van der Waals surface area (Å²) in [6, 6.07) is 0. The van der Waals surface area contributed by atoms with Gasteiger partial charge in [0.1, 0.15) is 0 Å². The lowest BCUT2D eigenvalue weighted by Gasteiger charge is -2.33. The van der Waals surface area contributed by atoms with Gasteiger partial charge in [0.2, 0.25) is 0 Å². The molecule has 0 bridgehead atoms. The predicted molar refractivity (Wildman–Crippen MR) is 63.3 cm³/mol. The van der Waals surface area contributed by atoms with E-state index in [1.165, 1.54) is 6.20 Å². The molecule has 0 amide bonds. The van der Waals surface area contributed by atoms with Gasteiger partial charge in [-0.05, 0) is 7.05 Å². The largest absolute Gasteiger partial charge is 0.395 e. The molecule has 2 rings (SSSR count). The number of hydrogen-bond acceptors (Lipinski definition) is 4. The first-order valence-electron chi connectivity index (χ1n) is 5.12. The summed E-state index contributed by atoms with van der Waals surface area (Å²) in [6.45, 7) is 3.29. The molecule has 0 aromatic carbocycles. The number of piperazine rings is 1. The molecule has 2 heterocycles. The van der Waals surface area contributed by atoms with Gasteiger partial charge in [0.05, 0.1) is 16.9 Å². The van der Waals surface area contributed by atoms with E-state index in [2.05, 4.69) is 9.88 Å². The molecule has 1 saturated heterocycles. The third kappa shape index (κ3) is 2.05. The first-order chi connectivity index (χ1) is 7.59. The summed E-state index contributed by atoms with van der Waals surface area (Å²) in [5.41, 5.74) is 5.51. The summed E-state index contributed by atoms with van der Waals surface area (Å²) >= 11 is 5.69. The van der Waals surface area contributed by atoms with E-state index in [1.54, 1.807) is 0 Å². The second-order valence-electron chi connectivity index (χ2n) is 3.95. The third-order valence-electron chi connectivity index (χ3n) is 2.79. The topological polar surface area (TPSA) is 45.4 Å². The monoisotopic (exact) mass is 244 g/mol. The highest BCUT2D eigenvalue weighted by atomic mass is 35.5. The summed E-state index contributed by atoms with van der Waals surface area (Å²) in [6.07, 6.45) is 1.40. The second-order valence-corrected chi connectivity index (χ2v) is 4.35. The summed E-state index contributed by atoms with van der Waals surface area (Å²) in [7, 11) is 2.04. The second kappa shape index (κ2) is 4.43. The van der Waals surface area contributed by atoms with Crippen LogP contribution in [0.25, 0.3) is 0 Å². The highest BCUT2D eigenvalue weighted by Crippen LogP contribution is 2.27. The van der Waals surface area contributed by atoms with Gasteiger partial charge in [-0.1, -0.05) is 11.6 Å². The van der Waals surface area contributed by atoms with E-state index in [4.69, 9.17) is 17.3 Å². The lowest BCUT2D eigenvalue weighted by atomic mass is 10.3. The van der Waals surface area contributed by atoms with Crippen LogP contribution in [0.2, 0.25) is 5.02 Å². The van der Waals surface area contributed by atoms with Crippen LogP contribution < -0.4 is 10.6 Å². The number of nitrogens with zero attached hydrogens (tertiary/aromatic N) is 3. The molecule has 1 aliphatic rings. The first-order valence-corrected chi connectivity index (χ1v) is 5.50. The number of nitrogen functional groups attached to an aromatic ring is 1. The molecule has 0 radical (unpaired) electrons. The van der Waals surface area contributed by atoms with Crippen molar-refractivity contribution in [1.29, 1.82) is 0 Å². The molecule has 6 heteroatoms. The maximum absolute atomic E-state index is 13.8. The number of anilines is 2. The lowest BCUT2D eigenvalue weighted by Crippen LogP contribution is -2.45. The van der Waals surface area contributed by atoms with Crippen molar-refractivity contribution in [2.75, 3.05) is 43.9 Å². The number of likely N-dealkylation sites (N-methyl/N-ethyl adjacent to an activating group) is 1. The van der Waals surface area contributed by atoms with Crippen molar-refractivity contribution >= 4 is 23.1 Å². The minimum absolute atomic E-state index is 0.0226. The van der Waals surface area contributed by atoms with E-state index < -0.39 is 5.82 Å². The van der Waals surface area contributed by atoms with E-state index in [9.17, 15) is 4.39 Å². The molecular formula is C10H14ClFN4. The van der Waals surface area contributed by atoms with Gasteiger partial charge in [0.15, 0.2) is 11.6 Å². The highest BCUT2D eigenvalue weighted by Gasteiger charge is 2.20. The Morgan fingerprint density at radius 3 is 2.62 bits per heavy atom. The van der Waals surface area contributed by atoms with E-state index in [1.807, 2.05) is 11.9 Å². The van der Waals surface area contributed by atoms with Crippen LogP contribution in [-0.4, -0.2) is 43.1 Å². The van der Waals surface area contributed by atoms with Gasteiger partial charge in [0.25, 0.3) is 0 Å². The van der Waals surface area contributed by atoms with Crippen LogP contribution >= 0.6 is 11.6 Å². The fourth-order valence-corrected chi connectivity index (χ4v) is 1.84. The fourth-order valence-electron chi connectivity index (χ4n) is 1.71. The van der Waals surface area contributed by atoms with Crippen molar-refractivity contribution in [3.8, 4) is 0 Å². The summed E-state index contributed by atoms with van der Waals surface area (Å²) in [4.78, 5) is 8.09. The van der Waals surface area contributed by atoms with Gasteiger partial charge in [-0.25, -0.2) is 9.37 Å². The van der Waals surface area contributed by atoms with E-state index in [-0.39, 0.29) is 10.7 Å². The number of hydrogen-bond donors (Lipinski definition) is 1. The van der Waals surface area contributed by atoms with Crippen molar-refractivity contribution < 1.29 is 4.39 Å². The number of aromatic nitrogens is 1. The van der Waals surface area contributed by atoms with Crippen LogP contribution in [-0.2, 0) is 0 Å². The number of rotatable bonds is 1. The van der Waals surface area contributed by atoms with Crippen molar-refractivity contribution in [2.45, 2.75) is 0 Å². The Kier molecular flexibility index (Phi) is 3.16. The van der Waals surface area contributed by atoms with Crippen molar-refractivity contribution in [1.82, 2.24) is 9.88 Å². The molecule has 1 aromatic rings. The van der Waals surface area contributed by atoms with Gasteiger partial charge in [-0.3, -0.25) is 0 Å². The van der Waals surface area contributed by atoms with Crippen LogP contribution in [0.3, 0.4) is 0 Å². The average molecular weight is 245 g/mol. The highest BCUT2D eigenvalue weighted by molar-refractivity contribution is 6.33. The SMILES string of the molecule is CN1CCN(c2ncc(Cl)c(N)c2F)CC1. The van der Waals surface area contributed by atoms with Crippen LogP contribution in [0, 0.1) is 5.82 Å². The molecule has 1 aliphatic heterocycles. The lowest BCUT2D eigenvalue weighted by molar-refractivity contribution is 0.311. The van der Waals surface area contributed by atoms with Gasteiger partial charge >= 0.3 is 0 Å². The smallest absolute Gasteiger partial charge is 0.190 e. The Bertz CT molecular complexity index is 391. The maximum Gasteiger partial charge on any atom is 0.190 e. The van der Waals surface area contributed by atoms with Crippen molar-refractivity contribution in [2.24, 2.45) is 0 Å². The molecule has 0 atom stereocenters. The zero-order valence-corrected chi connectivity index (χ0v) is 9.84. The summed E-state index contributed by atoms with van der Waals surface area (Å²) in [5, 5.41) is 0.162. The molecule has 1 fully saturated rings. The number of pyridine rings is 1. The maximum atomic E-state index is 13.8. The molecule has 0 unspecified atom stereocenters. The quantitative estimate of drug-likeness (QED) is 0.807. The van der Waals surface area contributed by atoms with E-state index in [0.717, 1.165) is 26.2 Å². The number of nitrogens with two attached hydrogens (primary N) is 1. The Morgan fingerprint density at radius 1 is 1.38 bits per heavy atom. The third-order valence-corrected chi connectivity index (χ3v) is 3.09. The minimum Gasteiger partial charge on any atom is -0.395 e. The predicted octanol–water partition coefficient (Wildman–Crippen LogP) is 1.21. The summed E-state index contributed by atoms with van der Waals surface area (Å²) in [5.74, 6) is -0.216. The van der Waals surface area contributed by atoms with E-state index >= 15 is 0 Å². The fraction of sp³-hybridized carbons (Fsp3) is 0.500. The molecule has 0 aliphatic carbocycles. The molecule has 0 saturated carbocycles. The van der Waals surface area contributed by atoms with Gasteiger partial charge in [0, 0.05) is 26.2 Å². The molecule has 0 spiro atoms. The van der Waals surface area contributed by atoms with Crippen LogP contribution in [0.15, 0.2) is 6.20 Å². The zero-order chi connectivity index (χ0) is 11.7. The van der Waals surface area contributed by atoms with Crippen molar-refractivity contribution in [3.05, 3.63) is 17.0 Å². The minimum atomic E-state index is -0.517. The molecule has 2 N–H and O–H groups in total. The molecule has 1 aromatic heterocycles. The average Bonchev–Trinajstić information content (AvgIpc) is 2.28. The van der Waals surface area contributed by atoms with Gasteiger partial charge in [-0.2, -0.15) is 0 Å². The molecular weight excluding hydrogens is 231 g/mol. The Morgan fingerprint density at radius 2 is 2.00 bits per heavy atom. The summed E-state index contributed by atoms with van der Waals surface area (Å²) < 4.78 is 13.8. The first kappa shape index (κ1) is 11.4. The van der Waals surface area contributed by atoms with Crippen molar-refractivity contribution in [3.63, 3.8) is 0 Å². The van der Waals surface area contributed by atoms with Gasteiger partial charge < -0.3 is 15.5 Å². The Hall–Kier alpha value is -1.07. The number of halogens is 2. The van der Waals surface area contributed by atoms with Crippen LogP contribution in [0.1, 0.15) is 0 Å². The molecule has 88 valence electrons. The Balaban J connectivity index is 2.24. The van der Waals surface area contributed by atoms with Gasteiger partial charge in [-0.15, -0.1) is 0 Å². The standard InChI is InChI=1S/C10H14ClFN4/c1-15-2-4-16(5-3-15)10-8(12)9(13)7(11)6-14-10/h6H,2-5H2,1H3,(H2,13,14). The molecule has 16 heavy (non-hydrogen) atoms. The van der Waals surface area contributed by atoms with E-state index in [0.29, 0.717) is 5.82 Å². The van der Waals surface area contributed by atoms with Crippen LogP contribution in [0.4, 0.5) is 15.9 Å².